The fourth-order valence-electron chi connectivity index (χ4n) is 0.667. The molecule has 5 N–H and O–H groups in total. The Morgan fingerprint density at radius 3 is 2.62 bits per heavy atom. The fourth-order valence-corrected chi connectivity index (χ4v) is 1.47. The number of guanidine groups is 1. The summed E-state index contributed by atoms with van der Waals surface area (Å²) in [5, 5.41) is 17.8. The third-order valence-corrected chi connectivity index (χ3v) is 2.74. The van der Waals surface area contributed by atoms with Crippen LogP contribution in [0, 0.1) is 5.41 Å². The number of aliphatic carboxylic acids is 1. The second kappa shape index (κ2) is 5.69. The van der Waals surface area contributed by atoms with E-state index in [-0.39, 0.29) is 12.0 Å². The van der Waals surface area contributed by atoms with Gasteiger partial charge in [-0.3, -0.25) is 10.2 Å². The summed E-state index contributed by atoms with van der Waals surface area (Å²) in [7, 11) is 0. The number of hydrogen-bond donors (Lipinski definition) is 4. The van der Waals surface area contributed by atoms with E-state index in [2.05, 4.69) is 5.32 Å². The monoisotopic (exact) mass is 205 g/mol. The first-order valence-electron chi connectivity index (χ1n) is 3.88. The molecule has 0 bridgehead atoms. The second-order valence-corrected chi connectivity index (χ2v) is 4.15. The van der Waals surface area contributed by atoms with Crippen molar-refractivity contribution in [2.75, 3.05) is 5.75 Å². The van der Waals surface area contributed by atoms with Gasteiger partial charge in [-0.15, -0.1) is 11.8 Å². The number of thioether (sulfide) groups is 1. The van der Waals surface area contributed by atoms with Crippen molar-refractivity contribution in [2.45, 2.75) is 25.1 Å². The second-order valence-electron chi connectivity index (χ2n) is 2.77. The minimum Gasteiger partial charge on any atom is -0.480 e. The number of carboxylic acids is 1. The van der Waals surface area contributed by atoms with E-state index in [9.17, 15) is 4.79 Å². The highest BCUT2D eigenvalue weighted by atomic mass is 32.2. The van der Waals surface area contributed by atoms with Gasteiger partial charge in [0.25, 0.3) is 0 Å². The quantitative estimate of drug-likeness (QED) is 0.376. The largest absolute Gasteiger partial charge is 0.480 e. The molecule has 0 saturated heterocycles. The maximum Gasteiger partial charge on any atom is 0.316 e. The van der Waals surface area contributed by atoms with E-state index in [1.165, 1.54) is 11.8 Å². The summed E-state index contributed by atoms with van der Waals surface area (Å²) in [5.41, 5.74) is 5.11. The summed E-state index contributed by atoms with van der Waals surface area (Å²) in [4.78, 5) is 10.4. The smallest absolute Gasteiger partial charge is 0.316 e. The maximum absolute atomic E-state index is 10.4. The van der Waals surface area contributed by atoms with Crippen LogP contribution in [0.2, 0.25) is 0 Å². The van der Waals surface area contributed by atoms with Crippen LogP contribution >= 0.6 is 11.8 Å². The summed E-state index contributed by atoms with van der Waals surface area (Å²) < 4.78 is 0. The Balaban J connectivity index is 3.63. The first kappa shape index (κ1) is 12.1. The van der Waals surface area contributed by atoms with Gasteiger partial charge in [0.2, 0.25) is 0 Å². The predicted molar refractivity (Wildman–Crippen MR) is 54.1 cm³/mol. The standard InChI is InChI=1S/C7H15N3O2S/c1-4(10-7(8)9)3-13-5(2)6(11)12/h4-5H,3H2,1-2H3,(H,11,12)(H4,8,9,10). The molecule has 0 aromatic carbocycles. The lowest BCUT2D eigenvalue weighted by molar-refractivity contribution is -0.136. The minimum absolute atomic E-state index is 0.0179. The Bertz CT molecular complexity index is 198. The molecule has 5 nitrogen and oxygen atoms in total. The van der Waals surface area contributed by atoms with Crippen LogP contribution in [0.4, 0.5) is 0 Å². The van der Waals surface area contributed by atoms with Crippen molar-refractivity contribution in [3.63, 3.8) is 0 Å². The van der Waals surface area contributed by atoms with Gasteiger partial charge in [0.05, 0.1) is 5.25 Å². The highest BCUT2D eigenvalue weighted by Crippen LogP contribution is 2.11. The van der Waals surface area contributed by atoms with Gasteiger partial charge in [-0.2, -0.15) is 0 Å². The molecule has 0 saturated carbocycles. The van der Waals surface area contributed by atoms with E-state index in [1.807, 2.05) is 6.92 Å². The van der Waals surface area contributed by atoms with E-state index < -0.39 is 11.2 Å². The zero-order valence-electron chi connectivity index (χ0n) is 7.70. The van der Waals surface area contributed by atoms with Gasteiger partial charge in [-0.05, 0) is 13.8 Å². The number of carboxylic acid groups (broad SMARTS) is 1. The third kappa shape index (κ3) is 6.27. The highest BCUT2D eigenvalue weighted by Gasteiger charge is 2.12. The molecule has 0 radical (unpaired) electrons. The van der Waals surface area contributed by atoms with Crippen LogP contribution in [0.25, 0.3) is 0 Å². The van der Waals surface area contributed by atoms with Gasteiger partial charge < -0.3 is 16.2 Å². The van der Waals surface area contributed by atoms with Gasteiger partial charge in [-0.25, -0.2) is 0 Å². The van der Waals surface area contributed by atoms with Gasteiger partial charge >= 0.3 is 5.97 Å². The number of hydrogen-bond acceptors (Lipinski definition) is 3. The molecule has 13 heavy (non-hydrogen) atoms. The van der Waals surface area contributed by atoms with Crippen LogP contribution in [0.5, 0.6) is 0 Å². The van der Waals surface area contributed by atoms with Crippen LogP contribution in [-0.4, -0.2) is 34.1 Å². The number of nitrogens with one attached hydrogen (secondary N) is 2. The number of carbonyl (C=O) groups is 1. The zero-order valence-corrected chi connectivity index (χ0v) is 8.52. The van der Waals surface area contributed by atoms with E-state index in [0.717, 1.165) is 0 Å². The normalized spacial score (nSPS) is 14.6. The Morgan fingerprint density at radius 1 is 1.69 bits per heavy atom. The maximum atomic E-state index is 10.4. The van der Waals surface area contributed by atoms with Crippen molar-refractivity contribution >= 4 is 23.7 Å². The van der Waals surface area contributed by atoms with Gasteiger partial charge in [-0.1, -0.05) is 0 Å². The minimum atomic E-state index is -0.819. The highest BCUT2D eigenvalue weighted by molar-refractivity contribution is 8.00. The van der Waals surface area contributed by atoms with Crippen LogP contribution in [0.1, 0.15) is 13.8 Å². The SMILES string of the molecule is CC(CSC(C)C(=O)O)NC(=N)N. The first-order valence-corrected chi connectivity index (χ1v) is 4.93. The van der Waals surface area contributed by atoms with Gasteiger partial charge in [0.1, 0.15) is 0 Å². The summed E-state index contributed by atoms with van der Waals surface area (Å²) in [6.07, 6.45) is 0. The van der Waals surface area contributed by atoms with Crippen LogP contribution in [-0.2, 0) is 4.79 Å². The molecule has 0 aromatic rings. The van der Waals surface area contributed by atoms with E-state index in [1.54, 1.807) is 6.92 Å². The zero-order chi connectivity index (χ0) is 10.4. The predicted octanol–water partition coefficient (Wildman–Crippen LogP) is 0.0643. The van der Waals surface area contributed by atoms with Gasteiger partial charge in [0, 0.05) is 11.8 Å². The summed E-state index contributed by atoms with van der Waals surface area (Å²) >= 11 is 1.32. The molecule has 76 valence electrons. The van der Waals surface area contributed by atoms with Crippen molar-refractivity contribution in [1.29, 1.82) is 5.41 Å². The van der Waals surface area contributed by atoms with E-state index in [4.69, 9.17) is 16.2 Å². The molecular weight excluding hydrogens is 190 g/mol. The van der Waals surface area contributed by atoms with Crippen LogP contribution in [0.15, 0.2) is 0 Å². The molecule has 0 aliphatic heterocycles. The molecular formula is C7H15N3O2S. The van der Waals surface area contributed by atoms with Gasteiger partial charge in [0.15, 0.2) is 5.96 Å². The van der Waals surface area contributed by atoms with Crippen molar-refractivity contribution < 1.29 is 9.90 Å². The molecule has 0 heterocycles. The third-order valence-electron chi connectivity index (χ3n) is 1.35. The Labute approximate surface area is 81.6 Å². The molecule has 0 aromatic heterocycles. The van der Waals surface area contributed by atoms with Crippen molar-refractivity contribution in [3.8, 4) is 0 Å². The molecule has 2 atom stereocenters. The average Bonchev–Trinajstić information content (AvgIpc) is 1.98. The molecule has 0 spiro atoms. The van der Waals surface area contributed by atoms with Crippen molar-refractivity contribution in [3.05, 3.63) is 0 Å². The fraction of sp³-hybridized carbons (Fsp3) is 0.714. The summed E-state index contributed by atoms with van der Waals surface area (Å²) in [6.45, 7) is 3.48. The lowest BCUT2D eigenvalue weighted by atomic mass is 10.4. The Kier molecular flexibility index (Phi) is 5.29. The van der Waals surface area contributed by atoms with Crippen molar-refractivity contribution in [2.24, 2.45) is 5.73 Å². The Hall–Kier alpha value is -0.910. The van der Waals surface area contributed by atoms with E-state index >= 15 is 0 Å². The van der Waals surface area contributed by atoms with Crippen LogP contribution in [0.3, 0.4) is 0 Å². The lowest BCUT2D eigenvalue weighted by Gasteiger charge is -2.14. The summed E-state index contributed by atoms with van der Waals surface area (Å²) in [6, 6.07) is 0.0179. The molecule has 2 unspecified atom stereocenters. The summed E-state index contributed by atoms with van der Waals surface area (Å²) in [5.74, 6) is -0.288. The first-order chi connectivity index (χ1) is 5.93. The topological polar surface area (TPSA) is 99.2 Å². The molecule has 6 heteroatoms. The number of nitrogens with two attached hydrogens (primary N) is 1. The number of rotatable bonds is 5. The molecule has 0 rings (SSSR count). The molecule has 0 fully saturated rings. The molecule has 0 aliphatic rings. The Morgan fingerprint density at radius 2 is 2.23 bits per heavy atom. The van der Waals surface area contributed by atoms with Crippen LogP contribution < -0.4 is 11.1 Å². The molecule has 0 aliphatic carbocycles. The van der Waals surface area contributed by atoms with E-state index in [0.29, 0.717) is 5.75 Å². The van der Waals surface area contributed by atoms with Crippen molar-refractivity contribution in [1.82, 2.24) is 5.32 Å². The lowest BCUT2D eigenvalue weighted by Crippen LogP contribution is -2.39. The molecule has 0 amide bonds. The average molecular weight is 205 g/mol.